The minimum Gasteiger partial charge on any atom is -0.361 e. The highest BCUT2D eigenvalue weighted by Gasteiger charge is 2.34. The van der Waals surface area contributed by atoms with Crippen LogP contribution in [-0.4, -0.2) is 21.1 Å². The predicted octanol–water partition coefficient (Wildman–Crippen LogP) is -1.48. The molecule has 1 unspecified atom stereocenters. The fraction of sp³-hybridized carbons (Fsp3) is 1.00. The lowest BCUT2D eigenvalue weighted by Gasteiger charge is -2.35. The molecule has 10 heavy (non-hydrogen) atoms. The van der Waals surface area contributed by atoms with Gasteiger partial charge in [0.15, 0.2) is 0 Å². The lowest BCUT2D eigenvalue weighted by Crippen LogP contribution is -2.66. The molecule has 5 heteroatoms. The number of hydrogen-bond donors (Lipinski definition) is 3. The van der Waals surface area contributed by atoms with Crippen molar-refractivity contribution in [3.63, 3.8) is 0 Å². The van der Waals surface area contributed by atoms with Gasteiger partial charge in [0.05, 0.1) is 0 Å². The van der Waals surface area contributed by atoms with Crippen molar-refractivity contribution >= 4 is 9.12 Å². The van der Waals surface area contributed by atoms with Crippen LogP contribution in [0.4, 0.5) is 0 Å². The van der Waals surface area contributed by atoms with Crippen molar-refractivity contribution in [3.8, 4) is 0 Å². The van der Waals surface area contributed by atoms with Crippen LogP contribution >= 0.6 is 0 Å². The van der Waals surface area contributed by atoms with E-state index in [0.29, 0.717) is 6.61 Å². The van der Waals surface area contributed by atoms with Crippen molar-refractivity contribution < 1.29 is 4.74 Å². The highest BCUT2D eigenvalue weighted by atomic mass is 28.3. The molecule has 1 atom stereocenters. The Labute approximate surface area is 62.5 Å². The largest absolute Gasteiger partial charge is 0.361 e. The Morgan fingerprint density at radius 2 is 2.00 bits per heavy atom. The monoisotopic (exact) mass is 161 g/mol. The van der Waals surface area contributed by atoms with E-state index in [2.05, 4.69) is 0 Å². The number of rotatable bonds is 1. The zero-order valence-electron chi connectivity index (χ0n) is 6.05. The topological polar surface area (TPSA) is 87.3 Å². The smallest absolute Gasteiger partial charge is 0.230 e. The summed E-state index contributed by atoms with van der Waals surface area (Å²) in [6.07, 6.45) is 3.01. The van der Waals surface area contributed by atoms with E-state index in [1.807, 2.05) is 0 Å². The fourth-order valence-electron chi connectivity index (χ4n) is 1.10. The van der Waals surface area contributed by atoms with E-state index in [-0.39, 0.29) is 0 Å². The second-order valence-electron chi connectivity index (χ2n) is 2.79. The van der Waals surface area contributed by atoms with Gasteiger partial charge in [0.1, 0.15) is 5.35 Å². The first-order valence-corrected chi connectivity index (χ1v) is 5.50. The first-order chi connectivity index (χ1) is 4.65. The Morgan fingerprint density at radius 3 is 2.30 bits per heavy atom. The van der Waals surface area contributed by atoms with E-state index < -0.39 is 14.5 Å². The molecule has 0 aromatic heterocycles. The third-order valence-electron chi connectivity index (χ3n) is 1.90. The van der Waals surface area contributed by atoms with Gasteiger partial charge in [-0.15, -0.1) is 0 Å². The number of ether oxygens (including phenoxy) is 1. The summed E-state index contributed by atoms with van der Waals surface area (Å²) in [4.78, 5) is 0. The molecular weight excluding hydrogens is 146 g/mol. The van der Waals surface area contributed by atoms with Crippen molar-refractivity contribution in [1.82, 2.24) is 0 Å². The first-order valence-electron chi connectivity index (χ1n) is 3.59. The summed E-state index contributed by atoms with van der Waals surface area (Å²) in [7, 11) is -1.81. The lowest BCUT2D eigenvalue weighted by molar-refractivity contribution is -0.0193. The Bertz CT molecular complexity index is 113. The molecule has 1 saturated heterocycles. The van der Waals surface area contributed by atoms with Gasteiger partial charge in [-0.25, -0.2) is 0 Å². The minimum absolute atomic E-state index is 0.627. The average molecular weight is 161 g/mol. The Balaban J connectivity index is 2.48. The molecule has 0 amide bonds. The maximum Gasteiger partial charge on any atom is 0.230 e. The van der Waals surface area contributed by atoms with Gasteiger partial charge in [-0.05, 0) is 19.3 Å². The van der Waals surface area contributed by atoms with Gasteiger partial charge >= 0.3 is 0 Å². The van der Waals surface area contributed by atoms with Crippen LogP contribution in [0.25, 0.3) is 0 Å². The van der Waals surface area contributed by atoms with E-state index in [1.54, 1.807) is 0 Å². The van der Waals surface area contributed by atoms with E-state index in [9.17, 15) is 0 Å². The molecule has 0 bridgehead atoms. The summed E-state index contributed by atoms with van der Waals surface area (Å²) in [5.74, 6) is 0. The molecule has 0 spiro atoms. The van der Waals surface area contributed by atoms with E-state index in [1.165, 1.54) is 0 Å². The zero-order chi connectivity index (χ0) is 7.61. The quantitative estimate of drug-likeness (QED) is 0.409. The van der Waals surface area contributed by atoms with Gasteiger partial charge < -0.3 is 21.3 Å². The van der Waals surface area contributed by atoms with Crippen molar-refractivity contribution in [2.24, 2.45) is 16.5 Å². The highest BCUT2D eigenvalue weighted by molar-refractivity contribution is 6.54. The molecule has 1 aliphatic rings. The second kappa shape index (κ2) is 2.98. The second-order valence-corrected chi connectivity index (χ2v) is 4.82. The third-order valence-corrected chi connectivity index (χ3v) is 3.48. The maximum atomic E-state index is 5.79. The summed E-state index contributed by atoms with van der Waals surface area (Å²) in [6.45, 7) is 0.717. The summed E-state index contributed by atoms with van der Waals surface area (Å²) in [6, 6.07) is 0. The van der Waals surface area contributed by atoms with Crippen LogP contribution in [0.2, 0.25) is 0 Å². The maximum absolute atomic E-state index is 5.79. The van der Waals surface area contributed by atoms with Crippen LogP contribution in [0.5, 0.6) is 0 Å². The molecule has 6 N–H and O–H groups in total. The zero-order valence-corrected chi connectivity index (χ0v) is 7.20. The van der Waals surface area contributed by atoms with Gasteiger partial charge in [-0.1, -0.05) is 0 Å². The average Bonchev–Trinajstić information content (AvgIpc) is 1.89. The van der Waals surface area contributed by atoms with Gasteiger partial charge in [0.25, 0.3) is 0 Å². The Kier molecular flexibility index (Phi) is 2.43. The van der Waals surface area contributed by atoms with Gasteiger partial charge in [-0.3, -0.25) is 0 Å². The standard InChI is InChI=1S/C5H15N3OSi/c6-5(10(7)8)3-1-2-4-9-5/h10H,1-4,6-8H2. The number of nitrogens with two attached hydrogens (primary N) is 3. The molecule has 0 saturated carbocycles. The Hall–Kier alpha value is 0.0569. The van der Waals surface area contributed by atoms with Crippen molar-refractivity contribution in [2.75, 3.05) is 6.61 Å². The van der Waals surface area contributed by atoms with E-state index >= 15 is 0 Å². The minimum atomic E-state index is -1.81. The fourth-order valence-corrected chi connectivity index (χ4v) is 1.95. The lowest BCUT2D eigenvalue weighted by atomic mass is 10.2. The van der Waals surface area contributed by atoms with Crippen LogP contribution in [0, 0.1) is 0 Å². The van der Waals surface area contributed by atoms with Crippen LogP contribution in [0.1, 0.15) is 19.3 Å². The Morgan fingerprint density at radius 1 is 1.30 bits per heavy atom. The predicted molar refractivity (Wildman–Crippen MR) is 42.2 cm³/mol. The third kappa shape index (κ3) is 1.56. The molecule has 0 aliphatic carbocycles. The van der Waals surface area contributed by atoms with E-state index in [0.717, 1.165) is 19.3 Å². The van der Waals surface area contributed by atoms with Crippen LogP contribution in [-0.2, 0) is 4.74 Å². The highest BCUT2D eigenvalue weighted by Crippen LogP contribution is 2.18. The summed E-state index contributed by atoms with van der Waals surface area (Å²) in [5.41, 5.74) is 5.79. The molecule has 0 aromatic carbocycles. The van der Waals surface area contributed by atoms with Crippen molar-refractivity contribution in [2.45, 2.75) is 24.6 Å². The van der Waals surface area contributed by atoms with Crippen LogP contribution in [0.3, 0.4) is 0 Å². The molecule has 0 radical (unpaired) electrons. The van der Waals surface area contributed by atoms with E-state index in [4.69, 9.17) is 21.3 Å². The molecular formula is C5H15N3OSi. The van der Waals surface area contributed by atoms with Crippen LogP contribution < -0.4 is 16.5 Å². The first kappa shape index (κ1) is 8.16. The summed E-state index contributed by atoms with van der Waals surface area (Å²) < 4.78 is 5.32. The normalized spacial score (nSPS) is 34.8. The van der Waals surface area contributed by atoms with Crippen molar-refractivity contribution in [3.05, 3.63) is 0 Å². The van der Waals surface area contributed by atoms with Crippen LogP contribution in [0.15, 0.2) is 0 Å². The summed E-state index contributed by atoms with van der Waals surface area (Å²) >= 11 is 0. The SMILES string of the molecule is N[SiH](N)C1(N)CCCCO1. The molecule has 1 aliphatic heterocycles. The van der Waals surface area contributed by atoms with Crippen molar-refractivity contribution in [1.29, 1.82) is 0 Å². The summed E-state index contributed by atoms with van der Waals surface area (Å²) in [5, 5.41) is 10.5. The number of hydrogen-bond acceptors (Lipinski definition) is 4. The van der Waals surface area contributed by atoms with Gasteiger partial charge in [0, 0.05) is 6.61 Å². The van der Waals surface area contributed by atoms with Gasteiger partial charge in [-0.2, -0.15) is 0 Å². The molecule has 0 aromatic rings. The molecule has 1 fully saturated rings. The molecule has 1 heterocycles. The van der Waals surface area contributed by atoms with Gasteiger partial charge in [0.2, 0.25) is 9.12 Å². The molecule has 4 nitrogen and oxygen atoms in total. The molecule has 1 rings (SSSR count). The molecule has 60 valence electrons.